The smallest absolute Gasteiger partial charge is 0.309 e. The molecule has 0 aliphatic carbocycles. The molecule has 0 fully saturated rings. The second-order valence-corrected chi connectivity index (χ2v) is 3.70. The van der Waals surface area contributed by atoms with Crippen molar-refractivity contribution in [2.75, 3.05) is 6.61 Å². The number of aliphatic hydroxyl groups excluding tert-OH is 1. The second-order valence-electron chi connectivity index (χ2n) is 3.70. The van der Waals surface area contributed by atoms with Crippen LogP contribution in [0.15, 0.2) is 24.3 Å². The zero-order chi connectivity index (χ0) is 12.7. The minimum Gasteiger partial charge on any atom is -0.466 e. The molecule has 0 unspecified atom stereocenters. The van der Waals surface area contributed by atoms with Crippen LogP contribution in [0.1, 0.15) is 30.0 Å². The van der Waals surface area contributed by atoms with Crippen molar-refractivity contribution in [2.45, 2.75) is 26.9 Å². The van der Waals surface area contributed by atoms with Crippen molar-refractivity contribution >= 4 is 12.0 Å². The number of carbonyl (C=O) groups is 1. The quantitative estimate of drug-likeness (QED) is 0.796. The van der Waals surface area contributed by atoms with Gasteiger partial charge in [-0.05, 0) is 30.5 Å². The molecule has 0 saturated carbocycles. The van der Waals surface area contributed by atoms with Crippen LogP contribution in [-0.2, 0) is 16.1 Å². The third-order valence-corrected chi connectivity index (χ3v) is 2.55. The van der Waals surface area contributed by atoms with Gasteiger partial charge in [0, 0.05) is 0 Å². The van der Waals surface area contributed by atoms with Crippen molar-refractivity contribution in [3.63, 3.8) is 0 Å². The van der Waals surface area contributed by atoms with Crippen LogP contribution in [0.5, 0.6) is 0 Å². The summed E-state index contributed by atoms with van der Waals surface area (Å²) in [6.07, 6.45) is 3.93. The lowest BCUT2D eigenvalue weighted by Crippen LogP contribution is -2.01. The van der Waals surface area contributed by atoms with Gasteiger partial charge in [0.1, 0.15) is 0 Å². The van der Waals surface area contributed by atoms with Gasteiger partial charge < -0.3 is 9.84 Å². The zero-order valence-corrected chi connectivity index (χ0v) is 10.3. The molecule has 92 valence electrons. The van der Waals surface area contributed by atoms with E-state index in [4.69, 9.17) is 9.84 Å². The van der Waals surface area contributed by atoms with Gasteiger partial charge in [0.05, 0.1) is 19.6 Å². The number of ether oxygens (including phenoxy) is 1. The highest BCUT2D eigenvalue weighted by Gasteiger charge is 2.01. The molecule has 0 aliphatic heterocycles. The summed E-state index contributed by atoms with van der Waals surface area (Å²) in [6.45, 7) is 4.18. The lowest BCUT2D eigenvalue weighted by Gasteiger charge is -2.05. The molecule has 1 aromatic rings. The summed E-state index contributed by atoms with van der Waals surface area (Å²) in [5, 5.41) is 9.13. The number of benzene rings is 1. The van der Waals surface area contributed by atoms with E-state index in [1.165, 1.54) is 0 Å². The molecular weight excluding hydrogens is 216 g/mol. The number of hydrogen-bond donors (Lipinski definition) is 1. The van der Waals surface area contributed by atoms with E-state index < -0.39 is 0 Å². The summed E-state index contributed by atoms with van der Waals surface area (Å²) in [4.78, 5) is 11.1. The SMILES string of the molecule is CCOC(=O)CC=Cc1cccc(CO)c1C. The highest BCUT2D eigenvalue weighted by Crippen LogP contribution is 2.15. The normalized spacial score (nSPS) is 10.8. The Morgan fingerprint density at radius 1 is 1.47 bits per heavy atom. The molecule has 1 N–H and O–H groups in total. The minimum atomic E-state index is -0.222. The Kier molecular flexibility index (Phi) is 5.43. The maximum Gasteiger partial charge on any atom is 0.309 e. The van der Waals surface area contributed by atoms with Crippen molar-refractivity contribution in [3.05, 3.63) is 41.0 Å². The van der Waals surface area contributed by atoms with Crippen LogP contribution < -0.4 is 0 Å². The van der Waals surface area contributed by atoms with Crippen LogP contribution in [0, 0.1) is 6.92 Å². The number of carbonyl (C=O) groups excluding carboxylic acids is 1. The molecule has 17 heavy (non-hydrogen) atoms. The van der Waals surface area contributed by atoms with E-state index in [0.29, 0.717) is 6.61 Å². The van der Waals surface area contributed by atoms with E-state index in [1.54, 1.807) is 13.0 Å². The Balaban J connectivity index is 2.68. The Hall–Kier alpha value is -1.61. The molecule has 3 heteroatoms. The maximum absolute atomic E-state index is 11.1. The van der Waals surface area contributed by atoms with Crippen molar-refractivity contribution in [1.82, 2.24) is 0 Å². The van der Waals surface area contributed by atoms with Crippen molar-refractivity contribution in [3.8, 4) is 0 Å². The Morgan fingerprint density at radius 3 is 2.88 bits per heavy atom. The Labute approximate surface area is 102 Å². The fourth-order valence-corrected chi connectivity index (χ4v) is 1.56. The molecule has 0 aliphatic rings. The van der Waals surface area contributed by atoms with E-state index in [1.807, 2.05) is 31.2 Å². The average Bonchev–Trinajstić information content (AvgIpc) is 2.32. The summed E-state index contributed by atoms with van der Waals surface area (Å²) in [5.41, 5.74) is 2.96. The molecule has 0 bridgehead atoms. The standard InChI is InChI=1S/C14H18O3/c1-3-17-14(16)9-5-7-12-6-4-8-13(10-15)11(12)2/h4-8,15H,3,9-10H2,1-2H3. The molecule has 0 heterocycles. The molecule has 0 amide bonds. The van der Waals surface area contributed by atoms with Gasteiger partial charge >= 0.3 is 5.97 Å². The van der Waals surface area contributed by atoms with E-state index >= 15 is 0 Å². The summed E-state index contributed by atoms with van der Waals surface area (Å²) in [6, 6.07) is 5.73. The van der Waals surface area contributed by atoms with E-state index in [0.717, 1.165) is 16.7 Å². The topological polar surface area (TPSA) is 46.5 Å². The summed E-state index contributed by atoms with van der Waals surface area (Å²) in [5.74, 6) is -0.222. The van der Waals surface area contributed by atoms with Crippen LogP contribution in [0.3, 0.4) is 0 Å². The molecular formula is C14H18O3. The van der Waals surface area contributed by atoms with Crippen LogP contribution in [-0.4, -0.2) is 17.7 Å². The summed E-state index contributed by atoms with van der Waals surface area (Å²) in [7, 11) is 0. The molecule has 1 aromatic carbocycles. The molecule has 0 saturated heterocycles. The van der Waals surface area contributed by atoms with E-state index in [2.05, 4.69) is 0 Å². The van der Waals surface area contributed by atoms with E-state index in [9.17, 15) is 4.79 Å². The Bertz CT molecular complexity index is 408. The third kappa shape index (κ3) is 4.04. The molecule has 1 rings (SSSR count). The van der Waals surface area contributed by atoms with Gasteiger partial charge in [-0.25, -0.2) is 0 Å². The largest absolute Gasteiger partial charge is 0.466 e. The third-order valence-electron chi connectivity index (χ3n) is 2.55. The van der Waals surface area contributed by atoms with E-state index in [-0.39, 0.29) is 19.0 Å². The molecule has 0 spiro atoms. The first-order chi connectivity index (χ1) is 8.19. The van der Waals surface area contributed by atoms with Crippen molar-refractivity contribution < 1.29 is 14.6 Å². The minimum absolute atomic E-state index is 0.0331. The number of rotatable bonds is 5. The number of aliphatic hydroxyl groups is 1. The van der Waals surface area contributed by atoms with Gasteiger partial charge in [-0.1, -0.05) is 30.4 Å². The van der Waals surface area contributed by atoms with Gasteiger partial charge in [0.15, 0.2) is 0 Å². The van der Waals surface area contributed by atoms with Crippen LogP contribution in [0.2, 0.25) is 0 Å². The first-order valence-electron chi connectivity index (χ1n) is 5.70. The van der Waals surface area contributed by atoms with Gasteiger partial charge in [-0.15, -0.1) is 0 Å². The molecule has 0 atom stereocenters. The summed E-state index contributed by atoms with van der Waals surface area (Å²) >= 11 is 0. The Morgan fingerprint density at radius 2 is 2.24 bits per heavy atom. The van der Waals surface area contributed by atoms with Gasteiger partial charge in [-0.2, -0.15) is 0 Å². The highest BCUT2D eigenvalue weighted by atomic mass is 16.5. The van der Waals surface area contributed by atoms with Gasteiger partial charge in [-0.3, -0.25) is 4.79 Å². The lowest BCUT2D eigenvalue weighted by molar-refractivity contribution is -0.142. The predicted molar refractivity (Wildman–Crippen MR) is 67.4 cm³/mol. The highest BCUT2D eigenvalue weighted by molar-refractivity contribution is 5.72. The average molecular weight is 234 g/mol. The molecule has 0 aromatic heterocycles. The summed E-state index contributed by atoms with van der Waals surface area (Å²) < 4.78 is 4.82. The first-order valence-corrected chi connectivity index (χ1v) is 5.70. The lowest BCUT2D eigenvalue weighted by atomic mass is 10.0. The van der Waals surface area contributed by atoms with Crippen LogP contribution in [0.4, 0.5) is 0 Å². The predicted octanol–water partition coefficient (Wildman–Crippen LogP) is 2.45. The van der Waals surface area contributed by atoms with Gasteiger partial charge in [0.2, 0.25) is 0 Å². The second kappa shape index (κ2) is 6.86. The van der Waals surface area contributed by atoms with Crippen LogP contribution >= 0.6 is 0 Å². The molecule has 3 nitrogen and oxygen atoms in total. The van der Waals surface area contributed by atoms with Crippen LogP contribution in [0.25, 0.3) is 6.08 Å². The maximum atomic E-state index is 11.1. The fourth-order valence-electron chi connectivity index (χ4n) is 1.56. The van der Waals surface area contributed by atoms with Gasteiger partial charge in [0.25, 0.3) is 0 Å². The monoisotopic (exact) mass is 234 g/mol. The number of esters is 1. The fraction of sp³-hybridized carbons (Fsp3) is 0.357. The first kappa shape index (κ1) is 13.5. The number of hydrogen-bond acceptors (Lipinski definition) is 3. The zero-order valence-electron chi connectivity index (χ0n) is 10.3. The van der Waals surface area contributed by atoms with Crippen molar-refractivity contribution in [1.29, 1.82) is 0 Å². The molecule has 0 radical (unpaired) electrons. The van der Waals surface area contributed by atoms with Crippen molar-refractivity contribution in [2.24, 2.45) is 0 Å².